The van der Waals surface area contributed by atoms with E-state index in [2.05, 4.69) is 26.6 Å². The number of carbonyl (C=O) groups excluding carboxylic acids is 2. The zero-order valence-electron chi connectivity index (χ0n) is 15.6. The van der Waals surface area contributed by atoms with E-state index < -0.39 is 5.91 Å². The molecule has 0 saturated heterocycles. The summed E-state index contributed by atoms with van der Waals surface area (Å²) in [7, 11) is 0. The average Bonchev–Trinajstić information content (AvgIpc) is 2.66. The Bertz CT molecular complexity index is 1120. The van der Waals surface area contributed by atoms with Crippen LogP contribution in [-0.4, -0.2) is 22.9 Å². The number of halogens is 1. The summed E-state index contributed by atoms with van der Waals surface area (Å²) >= 11 is 3.37. The minimum Gasteiger partial charge on any atom is -0.345 e. The van der Waals surface area contributed by atoms with Crippen LogP contribution in [-0.2, 0) is 16.1 Å². The molecular weight excluding hydrogens is 422 g/mol. The number of rotatable bonds is 5. The summed E-state index contributed by atoms with van der Waals surface area (Å²) < 4.78 is 2.33. The third-order valence-electron chi connectivity index (χ3n) is 4.44. The number of amides is 2. The van der Waals surface area contributed by atoms with Gasteiger partial charge in [0.1, 0.15) is 6.54 Å². The number of fused-ring (bicyclic) bond motifs is 1. The minimum atomic E-state index is -0.400. The maximum absolute atomic E-state index is 12.6. The fourth-order valence-electron chi connectivity index (χ4n) is 2.96. The van der Waals surface area contributed by atoms with Gasteiger partial charge in [-0.05, 0) is 55.1 Å². The van der Waals surface area contributed by atoms with E-state index in [0.29, 0.717) is 16.8 Å². The van der Waals surface area contributed by atoms with Crippen molar-refractivity contribution in [1.82, 2.24) is 9.88 Å². The number of pyridine rings is 1. The monoisotopic (exact) mass is 441 g/mol. The number of hydrogen-bond acceptors (Lipinski definition) is 3. The normalized spacial score (nSPS) is 10.7. The molecule has 2 aromatic carbocycles. The molecular formula is C21H20BrN3O3. The number of hydrogen-bond donors (Lipinski definition) is 2. The number of aromatic nitrogens is 1. The third-order valence-corrected chi connectivity index (χ3v) is 4.93. The van der Waals surface area contributed by atoms with E-state index in [-0.39, 0.29) is 24.6 Å². The number of nitrogens with one attached hydrogen (secondary N) is 2. The quantitative estimate of drug-likeness (QED) is 0.637. The molecule has 0 fully saturated rings. The largest absolute Gasteiger partial charge is 0.345 e. The first kappa shape index (κ1) is 19.8. The highest BCUT2D eigenvalue weighted by Gasteiger charge is 2.12. The molecule has 3 rings (SSSR count). The Balaban J connectivity index is 1.64. The molecule has 28 heavy (non-hydrogen) atoms. The van der Waals surface area contributed by atoms with Crippen molar-refractivity contribution in [2.45, 2.75) is 20.4 Å². The topological polar surface area (TPSA) is 80.2 Å². The van der Waals surface area contributed by atoms with Crippen molar-refractivity contribution >= 4 is 44.2 Å². The van der Waals surface area contributed by atoms with Gasteiger partial charge in [0.15, 0.2) is 0 Å². The molecule has 7 heteroatoms. The van der Waals surface area contributed by atoms with Gasteiger partial charge in [0, 0.05) is 21.2 Å². The summed E-state index contributed by atoms with van der Waals surface area (Å²) in [5, 5.41) is 6.72. The van der Waals surface area contributed by atoms with Crippen molar-refractivity contribution in [2.75, 3.05) is 11.9 Å². The van der Waals surface area contributed by atoms with Crippen molar-refractivity contribution in [3.63, 3.8) is 0 Å². The lowest BCUT2D eigenvalue weighted by molar-refractivity contribution is -0.124. The first-order valence-electron chi connectivity index (χ1n) is 8.77. The Kier molecular flexibility index (Phi) is 5.94. The number of benzene rings is 2. The minimum absolute atomic E-state index is 0.139. The van der Waals surface area contributed by atoms with Gasteiger partial charge in [-0.15, -0.1) is 0 Å². The van der Waals surface area contributed by atoms with E-state index in [1.54, 1.807) is 25.1 Å². The molecule has 0 radical (unpaired) electrons. The first-order chi connectivity index (χ1) is 13.3. The molecule has 0 aliphatic heterocycles. The Morgan fingerprint density at radius 3 is 2.54 bits per heavy atom. The van der Waals surface area contributed by atoms with Crippen LogP contribution in [0.1, 0.15) is 11.3 Å². The molecule has 0 bridgehead atoms. The SMILES string of the molecule is Cc1cc(Br)ccc1NC(=O)CNC(=O)Cn1c(C)cc2ccccc2c1=O. The van der Waals surface area contributed by atoms with Crippen LogP contribution < -0.4 is 16.2 Å². The summed E-state index contributed by atoms with van der Waals surface area (Å²) in [6, 6.07) is 14.6. The van der Waals surface area contributed by atoms with Crippen LogP contribution in [0.3, 0.4) is 0 Å². The number of anilines is 1. The second-order valence-electron chi connectivity index (χ2n) is 6.55. The predicted molar refractivity (Wildman–Crippen MR) is 113 cm³/mol. The fraction of sp³-hybridized carbons (Fsp3) is 0.190. The van der Waals surface area contributed by atoms with Gasteiger partial charge in [-0.1, -0.05) is 34.1 Å². The molecule has 1 heterocycles. The summed E-state index contributed by atoms with van der Waals surface area (Å²) in [6.07, 6.45) is 0. The molecule has 0 aliphatic carbocycles. The van der Waals surface area contributed by atoms with E-state index in [4.69, 9.17) is 0 Å². The van der Waals surface area contributed by atoms with E-state index >= 15 is 0 Å². The number of carbonyl (C=O) groups is 2. The summed E-state index contributed by atoms with van der Waals surface area (Å²) in [4.78, 5) is 37.0. The maximum atomic E-state index is 12.6. The lowest BCUT2D eigenvalue weighted by Crippen LogP contribution is -2.37. The molecule has 2 N–H and O–H groups in total. The molecule has 0 saturated carbocycles. The lowest BCUT2D eigenvalue weighted by Gasteiger charge is -2.12. The number of nitrogens with zero attached hydrogens (tertiary/aromatic N) is 1. The third kappa shape index (κ3) is 4.48. The molecule has 0 aliphatic rings. The Morgan fingerprint density at radius 1 is 1.04 bits per heavy atom. The van der Waals surface area contributed by atoms with Crippen molar-refractivity contribution in [2.24, 2.45) is 0 Å². The highest BCUT2D eigenvalue weighted by atomic mass is 79.9. The highest BCUT2D eigenvalue weighted by Crippen LogP contribution is 2.19. The fourth-order valence-corrected chi connectivity index (χ4v) is 3.44. The van der Waals surface area contributed by atoms with Gasteiger partial charge in [0.05, 0.1) is 6.54 Å². The molecule has 0 unspecified atom stereocenters. The van der Waals surface area contributed by atoms with E-state index in [1.165, 1.54) is 4.57 Å². The highest BCUT2D eigenvalue weighted by molar-refractivity contribution is 9.10. The van der Waals surface area contributed by atoms with Gasteiger partial charge in [0.25, 0.3) is 5.56 Å². The molecule has 1 aromatic heterocycles. The van der Waals surface area contributed by atoms with Gasteiger partial charge in [-0.3, -0.25) is 14.4 Å². The van der Waals surface area contributed by atoms with Crippen molar-refractivity contribution < 1.29 is 9.59 Å². The molecule has 144 valence electrons. The maximum Gasteiger partial charge on any atom is 0.259 e. The number of aryl methyl sites for hydroxylation is 2. The van der Waals surface area contributed by atoms with Crippen LogP contribution in [0.4, 0.5) is 5.69 Å². The zero-order valence-corrected chi connectivity index (χ0v) is 17.2. The summed E-state index contributed by atoms with van der Waals surface area (Å²) in [5.74, 6) is -0.732. The van der Waals surface area contributed by atoms with E-state index in [1.807, 2.05) is 37.3 Å². The van der Waals surface area contributed by atoms with Gasteiger partial charge in [-0.2, -0.15) is 0 Å². The van der Waals surface area contributed by atoms with Crippen LogP contribution in [0.15, 0.2) is 57.8 Å². The molecule has 0 spiro atoms. The van der Waals surface area contributed by atoms with Crippen molar-refractivity contribution in [1.29, 1.82) is 0 Å². The molecule has 0 atom stereocenters. The van der Waals surface area contributed by atoms with Gasteiger partial charge >= 0.3 is 0 Å². The van der Waals surface area contributed by atoms with E-state index in [9.17, 15) is 14.4 Å². The van der Waals surface area contributed by atoms with Crippen molar-refractivity contribution in [3.05, 3.63) is 74.6 Å². The van der Waals surface area contributed by atoms with Crippen LogP contribution in [0.25, 0.3) is 10.8 Å². The van der Waals surface area contributed by atoms with E-state index in [0.717, 1.165) is 15.4 Å². The summed E-state index contributed by atoms with van der Waals surface area (Å²) in [5.41, 5.74) is 2.06. The van der Waals surface area contributed by atoms with Gasteiger partial charge in [-0.25, -0.2) is 0 Å². The second-order valence-corrected chi connectivity index (χ2v) is 7.46. The molecule has 2 amide bonds. The van der Waals surface area contributed by atoms with Crippen LogP contribution in [0.5, 0.6) is 0 Å². The zero-order chi connectivity index (χ0) is 20.3. The molecule has 6 nitrogen and oxygen atoms in total. The van der Waals surface area contributed by atoms with Crippen LogP contribution >= 0.6 is 15.9 Å². The first-order valence-corrected chi connectivity index (χ1v) is 9.56. The standard InChI is InChI=1S/C21H20BrN3O3/c1-13-9-16(22)7-8-18(13)24-19(26)11-23-20(27)12-25-14(2)10-15-5-3-4-6-17(15)21(25)28/h3-10H,11-12H2,1-2H3,(H,23,27)(H,24,26). The predicted octanol–water partition coefficient (Wildman–Crippen LogP) is 3.14. The van der Waals surface area contributed by atoms with Crippen LogP contribution in [0.2, 0.25) is 0 Å². The Labute approximate surface area is 170 Å². The van der Waals surface area contributed by atoms with Gasteiger partial charge in [0.2, 0.25) is 11.8 Å². The van der Waals surface area contributed by atoms with Crippen molar-refractivity contribution in [3.8, 4) is 0 Å². The Morgan fingerprint density at radius 2 is 1.79 bits per heavy atom. The lowest BCUT2D eigenvalue weighted by atomic mass is 10.1. The Hall–Kier alpha value is -2.93. The summed E-state index contributed by atoms with van der Waals surface area (Å²) in [6.45, 7) is 3.35. The van der Waals surface area contributed by atoms with Gasteiger partial charge < -0.3 is 15.2 Å². The molecule has 3 aromatic rings. The second kappa shape index (κ2) is 8.39. The smallest absolute Gasteiger partial charge is 0.259 e. The average molecular weight is 442 g/mol. The van der Waals surface area contributed by atoms with Crippen LogP contribution in [0, 0.1) is 13.8 Å².